The summed E-state index contributed by atoms with van der Waals surface area (Å²) in [5.74, 6) is -10.4. The lowest BCUT2D eigenvalue weighted by Crippen LogP contribution is -2.66. The summed E-state index contributed by atoms with van der Waals surface area (Å²) >= 11 is 0. The largest absolute Gasteiger partial charge is 0.368 e. The predicted molar refractivity (Wildman–Crippen MR) is 517 cm³/mol. The monoisotopic (exact) mass is 1870 g/mol. The molecule has 34 heteroatoms. The lowest BCUT2D eigenvalue weighted by molar-refractivity contribution is -0.150. The zero-order valence-electron chi connectivity index (χ0n) is 78.7. The van der Waals surface area contributed by atoms with Crippen LogP contribution >= 0.6 is 0 Å². The van der Waals surface area contributed by atoms with Crippen molar-refractivity contribution in [2.75, 3.05) is 32.7 Å². The van der Waals surface area contributed by atoms with Gasteiger partial charge in [-0.2, -0.15) is 0 Å². The SMILES string of the molecule is CC(C)CCC(=O)N1C(=O)N[C@@H](Cc2ccccc2)N(C(=O)CCC(C)C)C(=O)NC(CCCCN)N(C(=O)CCc2ccccc2)C(=O)N[C@@H](CCCCN)N(C(=O)CCc2ccccc2)C(=O)N[C@@H](CCCCN)N(C(=O)CCc2ccccc2)C(=O)N[C@@H](CCCCN)N(C(=O)CCc2ccccc2)C(=O)N[C@@H](Cc2ccccc2)N(CC(N)=O)C(=O)C(=O)N[C@H]1Cc1ccccc1. The molecule has 7 aromatic carbocycles. The molecular formula is C102H137N19O15. The Hall–Kier alpha value is -13.6. The van der Waals surface area contributed by atoms with Crippen LogP contribution in [0.15, 0.2) is 212 Å². The zero-order valence-corrected chi connectivity index (χ0v) is 78.7. The van der Waals surface area contributed by atoms with Gasteiger partial charge in [0.1, 0.15) is 49.7 Å². The number of imide groups is 6. The van der Waals surface area contributed by atoms with E-state index < -0.39 is 190 Å². The number of rotatable bonds is 42. The number of primary amides is 1. The first-order valence-electron chi connectivity index (χ1n) is 47.3. The molecule has 17 N–H and O–H groups in total. The Morgan fingerprint density at radius 2 is 0.478 bits per heavy atom. The van der Waals surface area contributed by atoms with E-state index in [1.165, 1.54) is 0 Å². The first-order chi connectivity index (χ1) is 65.6. The number of nitrogens with two attached hydrogens (primary N) is 5. The molecule has 1 saturated heterocycles. The number of hydrogen-bond acceptors (Lipinski definition) is 19. The molecule has 0 saturated carbocycles. The van der Waals surface area contributed by atoms with Crippen molar-refractivity contribution in [3.05, 3.63) is 251 Å². The van der Waals surface area contributed by atoms with E-state index in [1.54, 1.807) is 212 Å². The van der Waals surface area contributed by atoms with Gasteiger partial charge in [0.2, 0.25) is 41.4 Å². The smallest absolute Gasteiger partial charge is 0.327 e. The second-order valence-corrected chi connectivity index (χ2v) is 34.8. The van der Waals surface area contributed by atoms with Gasteiger partial charge in [-0.3, -0.25) is 43.2 Å². The van der Waals surface area contributed by atoms with Crippen LogP contribution in [-0.4, -0.2) is 200 Å². The van der Waals surface area contributed by atoms with Gasteiger partial charge in [0.05, 0.1) is 0 Å². The number of amides is 21. The molecule has 7 atom stereocenters. The van der Waals surface area contributed by atoms with Crippen LogP contribution in [0.1, 0.15) is 195 Å². The Balaban J connectivity index is 1.48. The quantitative estimate of drug-likeness (QED) is 0.0125. The first-order valence-corrected chi connectivity index (χ1v) is 47.3. The maximum atomic E-state index is 16.6. The minimum atomic E-state index is -1.91. The zero-order chi connectivity index (χ0) is 98.3. The van der Waals surface area contributed by atoms with Crippen LogP contribution in [0.5, 0.6) is 0 Å². The molecule has 0 radical (unpaired) electrons. The Bertz CT molecular complexity index is 4980. The van der Waals surface area contributed by atoms with Gasteiger partial charge in [0, 0.05) is 57.8 Å². The van der Waals surface area contributed by atoms with Crippen molar-refractivity contribution in [2.24, 2.45) is 40.5 Å². The van der Waals surface area contributed by atoms with Crippen LogP contribution in [0.4, 0.5) is 28.8 Å². The van der Waals surface area contributed by atoms with Gasteiger partial charge in [0.25, 0.3) is 0 Å². The van der Waals surface area contributed by atoms with Gasteiger partial charge in [-0.05, 0) is 193 Å². The van der Waals surface area contributed by atoms with Gasteiger partial charge < -0.3 is 70.8 Å². The van der Waals surface area contributed by atoms with Gasteiger partial charge in [-0.25, -0.2) is 58.2 Å². The van der Waals surface area contributed by atoms with Crippen LogP contribution in [-0.2, 0) is 88.1 Å². The molecule has 1 unspecified atom stereocenters. The summed E-state index contributed by atoms with van der Waals surface area (Å²) in [4.78, 5) is 245. The minimum Gasteiger partial charge on any atom is -0.368 e. The Labute approximate surface area is 797 Å². The lowest BCUT2D eigenvalue weighted by atomic mass is 10.1. The van der Waals surface area contributed by atoms with E-state index >= 15 is 67.1 Å². The highest BCUT2D eigenvalue weighted by molar-refractivity contribution is 6.35. The van der Waals surface area contributed by atoms with Crippen LogP contribution in [0, 0.1) is 11.8 Å². The number of hydrogen-bond donors (Lipinski definition) is 12. The Kier molecular flexibility index (Phi) is 45.9. The molecule has 8 rings (SSSR count). The maximum Gasteiger partial charge on any atom is 0.327 e. The van der Waals surface area contributed by atoms with Crippen molar-refractivity contribution in [3.63, 3.8) is 0 Å². The lowest BCUT2D eigenvalue weighted by Gasteiger charge is -2.39. The van der Waals surface area contributed by atoms with Gasteiger partial charge in [0.15, 0.2) is 0 Å². The molecule has 1 heterocycles. The first kappa shape index (κ1) is 108. The molecule has 730 valence electrons. The average molecular weight is 1870 g/mol. The number of urea groups is 6. The van der Waals surface area contributed by atoms with Crippen molar-refractivity contribution in [1.82, 2.24) is 71.5 Å². The highest BCUT2D eigenvalue weighted by Crippen LogP contribution is 2.26. The molecule has 1 aliphatic heterocycles. The summed E-state index contributed by atoms with van der Waals surface area (Å²) in [6.07, 6.45) is -16.4. The summed E-state index contributed by atoms with van der Waals surface area (Å²) in [7, 11) is 0. The fourth-order valence-corrected chi connectivity index (χ4v) is 16.0. The molecule has 0 spiro atoms. The fourth-order valence-electron chi connectivity index (χ4n) is 16.0. The number of aryl methyl sites for hydroxylation is 4. The number of unbranched alkanes of at least 4 members (excludes halogenated alkanes) is 4. The second kappa shape index (κ2) is 57.9. The number of nitrogens with zero attached hydrogens (tertiary/aromatic N) is 7. The third kappa shape index (κ3) is 35.4. The van der Waals surface area contributed by atoms with Crippen molar-refractivity contribution in [2.45, 2.75) is 244 Å². The van der Waals surface area contributed by atoms with Crippen molar-refractivity contribution < 1.29 is 71.9 Å². The van der Waals surface area contributed by atoms with Crippen molar-refractivity contribution >= 4 is 89.4 Å². The summed E-state index contributed by atoms with van der Waals surface area (Å²) in [5, 5.41) is 19.7. The maximum absolute atomic E-state index is 16.6. The topological polar surface area (TPSA) is 493 Å². The predicted octanol–water partition coefficient (Wildman–Crippen LogP) is 10.6. The van der Waals surface area contributed by atoms with Crippen LogP contribution in [0.25, 0.3) is 0 Å². The highest BCUT2D eigenvalue weighted by Gasteiger charge is 2.45. The van der Waals surface area contributed by atoms with Crippen LogP contribution in [0.3, 0.4) is 0 Å². The molecule has 136 heavy (non-hydrogen) atoms. The van der Waals surface area contributed by atoms with E-state index in [-0.39, 0.29) is 160 Å². The summed E-state index contributed by atoms with van der Waals surface area (Å²) < 4.78 is 0. The average Bonchev–Trinajstić information content (AvgIpc) is 0.831. The molecule has 21 amide bonds. The van der Waals surface area contributed by atoms with Gasteiger partial charge >= 0.3 is 48.0 Å². The third-order valence-corrected chi connectivity index (χ3v) is 23.3. The molecule has 1 aliphatic rings. The Morgan fingerprint density at radius 1 is 0.272 bits per heavy atom. The van der Waals surface area contributed by atoms with Gasteiger partial charge in [-0.1, -0.05) is 240 Å². The van der Waals surface area contributed by atoms with E-state index in [9.17, 15) is 4.79 Å². The van der Waals surface area contributed by atoms with Crippen molar-refractivity contribution in [3.8, 4) is 0 Å². The van der Waals surface area contributed by atoms with E-state index in [4.69, 9.17) is 28.7 Å². The summed E-state index contributed by atoms with van der Waals surface area (Å²) in [6.45, 7) is 6.42. The fraction of sp³-hybridized carbons (Fsp3) is 0.441. The third-order valence-electron chi connectivity index (χ3n) is 23.3. The molecule has 0 aromatic heterocycles. The minimum absolute atomic E-state index is 0.000947. The molecule has 1 fully saturated rings. The number of benzene rings is 7. The number of nitrogens with one attached hydrogen (secondary N) is 7. The molecule has 34 nitrogen and oxygen atoms in total. The van der Waals surface area contributed by atoms with Gasteiger partial charge in [-0.15, -0.1) is 0 Å². The second-order valence-electron chi connectivity index (χ2n) is 34.8. The molecular weight excluding hydrogens is 1730 g/mol. The van der Waals surface area contributed by atoms with E-state index in [1.807, 2.05) is 27.7 Å². The van der Waals surface area contributed by atoms with E-state index in [0.717, 1.165) is 19.6 Å². The molecule has 0 bridgehead atoms. The summed E-state index contributed by atoms with van der Waals surface area (Å²) in [6, 6.07) is 52.0. The summed E-state index contributed by atoms with van der Waals surface area (Å²) in [5.41, 5.74) is 34.7. The van der Waals surface area contributed by atoms with E-state index in [2.05, 4.69) is 37.2 Å². The van der Waals surface area contributed by atoms with E-state index in [0.29, 0.717) is 53.6 Å². The number of carbonyl (C=O) groups excluding carboxylic acids is 15. The van der Waals surface area contributed by atoms with Crippen molar-refractivity contribution in [1.29, 1.82) is 0 Å². The van der Waals surface area contributed by atoms with Crippen LogP contribution in [0.2, 0.25) is 0 Å². The Morgan fingerprint density at radius 3 is 0.713 bits per heavy atom. The number of carbonyl (C=O) groups is 15. The molecule has 7 aromatic rings. The standard InChI is InChI=1S/C102H137N19O15/c1-72(2)52-58-89(123)120-87(69-79-44-22-10-23-45-79)108-95(129)96(130)115(71-81(107)122)86(68-78-42-20-9-21-43-78)113-101(135)119(94(128)63-57-77-40-18-8-19-41-77)84(50-28-32-66-105)111-99(133)117(92(126)61-55-75-36-14-6-15-37-75)82(48-26-30-64-103)109-97(131)116(91(125)60-54-74-34-12-5-13-35-74)83(49-27-31-65-104)110-98(132)118(93(127)62-56-76-38-16-7-17-39-76)85(51-29-33-67-106)112-100(134)121(90(124)59-53-73(3)4)88(114-102(120)136)70-80-46-24-11-25-47-80/h5-25,34-47,72-73,82-88H,26-33,48-71,103-106H2,1-4H3,(H2,107,122)(H,108,129)(H,109,131)(H,110,132)(H,111,133)(H,112,134)(H,113,135)(H,114,136)/t82-,83-,84-,85?,86-,87-,88-/m1/s1. The van der Waals surface area contributed by atoms with Crippen LogP contribution < -0.4 is 65.9 Å². The highest BCUT2D eigenvalue weighted by atomic mass is 16.2. The normalized spacial score (nSPS) is 17.9. The molecule has 0 aliphatic carbocycles.